The van der Waals surface area contributed by atoms with Crippen molar-refractivity contribution in [2.24, 2.45) is 5.41 Å². The highest BCUT2D eigenvalue weighted by Gasteiger charge is 2.50. The first-order valence-corrected chi connectivity index (χ1v) is 9.81. The molecule has 1 aliphatic heterocycles. The Labute approximate surface area is 171 Å². The van der Waals surface area contributed by atoms with E-state index >= 15 is 0 Å². The lowest BCUT2D eigenvalue weighted by Gasteiger charge is -2.46. The number of rotatable bonds is 7. The summed E-state index contributed by atoms with van der Waals surface area (Å²) >= 11 is 0. The third-order valence-corrected chi connectivity index (χ3v) is 4.40. The summed E-state index contributed by atoms with van der Waals surface area (Å²) < 4.78 is 22.0. The van der Waals surface area contributed by atoms with Crippen molar-refractivity contribution < 1.29 is 38.1 Å². The quantitative estimate of drug-likeness (QED) is 0.491. The van der Waals surface area contributed by atoms with Crippen LogP contribution in [0.25, 0.3) is 0 Å². The minimum atomic E-state index is -1.05. The van der Waals surface area contributed by atoms with Crippen molar-refractivity contribution in [1.29, 1.82) is 0 Å². The lowest BCUT2D eigenvalue weighted by molar-refractivity contribution is -0.224. The van der Waals surface area contributed by atoms with Crippen LogP contribution < -0.4 is 5.32 Å². The van der Waals surface area contributed by atoms with Gasteiger partial charge in [-0.1, -0.05) is 34.1 Å². The highest BCUT2D eigenvalue weighted by molar-refractivity contribution is 5.81. The number of hydrogen-bond donors (Lipinski definition) is 1. The van der Waals surface area contributed by atoms with Crippen molar-refractivity contribution in [2.45, 2.75) is 91.8 Å². The van der Waals surface area contributed by atoms with Crippen molar-refractivity contribution >= 4 is 23.8 Å². The minimum Gasteiger partial charge on any atom is -0.463 e. The molecule has 9 nitrogen and oxygen atoms in total. The van der Waals surface area contributed by atoms with Crippen LogP contribution in [0, 0.1) is 5.41 Å². The molecule has 0 saturated carbocycles. The monoisotopic (exact) mass is 415 g/mol. The number of nitrogens with one attached hydrogen (secondary N) is 1. The maximum atomic E-state index is 12.7. The molecule has 5 atom stereocenters. The van der Waals surface area contributed by atoms with E-state index in [1.165, 1.54) is 20.8 Å². The van der Waals surface area contributed by atoms with E-state index in [2.05, 4.69) is 5.32 Å². The molecule has 0 aromatic carbocycles. The lowest BCUT2D eigenvalue weighted by atomic mass is 9.88. The Kier molecular flexibility index (Phi) is 9.07. The van der Waals surface area contributed by atoms with Gasteiger partial charge in [-0.25, -0.2) is 0 Å². The number of amides is 1. The van der Waals surface area contributed by atoms with Gasteiger partial charge in [0, 0.05) is 26.2 Å². The van der Waals surface area contributed by atoms with E-state index in [1.807, 2.05) is 6.92 Å². The molecule has 1 fully saturated rings. The van der Waals surface area contributed by atoms with Gasteiger partial charge >= 0.3 is 17.9 Å². The number of hydrogen-bond acceptors (Lipinski definition) is 8. The first-order chi connectivity index (χ1) is 13.4. The van der Waals surface area contributed by atoms with Crippen molar-refractivity contribution in [3.8, 4) is 0 Å². The first-order valence-electron chi connectivity index (χ1n) is 9.81. The van der Waals surface area contributed by atoms with E-state index in [4.69, 9.17) is 18.9 Å². The predicted molar refractivity (Wildman–Crippen MR) is 103 cm³/mol. The number of esters is 3. The summed E-state index contributed by atoms with van der Waals surface area (Å²) in [6.45, 7) is 10.8. The fourth-order valence-corrected chi connectivity index (χ4v) is 3.09. The molecule has 0 aliphatic carbocycles. The van der Waals surface area contributed by atoms with Crippen LogP contribution in [0.2, 0.25) is 0 Å². The predicted octanol–water partition coefficient (Wildman–Crippen LogP) is 1.51. The van der Waals surface area contributed by atoms with Gasteiger partial charge in [0.15, 0.2) is 12.2 Å². The second kappa shape index (κ2) is 10.6. The summed E-state index contributed by atoms with van der Waals surface area (Å²) in [6.07, 6.45) is -2.12. The van der Waals surface area contributed by atoms with Gasteiger partial charge in [-0.15, -0.1) is 0 Å². The van der Waals surface area contributed by atoms with Crippen molar-refractivity contribution in [2.75, 3.05) is 6.61 Å². The van der Waals surface area contributed by atoms with Crippen molar-refractivity contribution in [3.05, 3.63) is 0 Å². The minimum absolute atomic E-state index is 0.175. The van der Waals surface area contributed by atoms with Crippen LogP contribution in [0.3, 0.4) is 0 Å². The van der Waals surface area contributed by atoms with Gasteiger partial charge in [0.25, 0.3) is 0 Å². The molecular weight excluding hydrogens is 382 g/mol. The van der Waals surface area contributed by atoms with E-state index < -0.39 is 53.8 Å². The molecule has 1 rings (SSSR count). The van der Waals surface area contributed by atoms with E-state index in [-0.39, 0.29) is 12.5 Å². The number of carbonyl (C=O) groups excluding carboxylic acids is 4. The van der Waals surface area contributed by atoms with Crippen LogP contribution in [-0.2, 0) is 38.1 Å². The molecule has 1 N–H and O–H groups in total. The molecular formula is C20H33NO8. The summed E-state index contributed by atoms with van der Waals surface area (Å²) in [5.74, 6) is -1.98. The van der Waals surface area contributed by atoms with E-state index in [1.54, 1.807) is 20.8 Å². The van der Waals surface area contributed by atoms with E-state index in [0.29, 0.717) is 6.42 Å². The molecule has 0 bridgehead atoms. The summed E-state index contributed by atoms with van der Waals surface area (Å²) in [5.41, 5.74) is -0.691. The fraction of sp³-hybridized carbons (Fsp3) is 0.800. The molecule has 1 saturated heterocycles. The summed E-state index contributed by atoms with van der Waals surface area (Å²) in [4.78, 5) is 47.4. The average molecular weight is 415 g/mol. The molecule has 9 heteroatoms. The SMILES string of the molecule is CCC[C@H]1O[C@H](COC(C)=O)[C@@H](OC(C)=O)[C@H](OC(C)=O)[C@H]1NC(=O)C(C)(C)C. The molecule has 1 aliphatic rings. The molecule has 0 aromatic heterocycles. The number of carbonyl (C=O) groups is 4. The van der Waals surface area contributed by atoms with Gasteiger partial charge in [-0.3, -0.25) is 19.2 Å². The van der Waals surface area contributed by atoms with Crippen LogP contribution in [-0.4, -0.2) is 60.9 Å². The summed E-state index contributed by atoms with van der Waals surface area (Å²) in [6, 6.07) is -0.733. The maximum absolute atomic E-state index is 12.7. The highest BCUT2D eigenvalue weighted by Crippen LogP contribution is 2.30. The zero-order valence-electron chi connectivity index (χ0n) is 18.3. The Balaban J connectivity index is 3.31. The topological polar surface area (TPSA) is 117 Å². The zero-order chi connectivity index (χ0) is 22.4. The molecule has 0 unspecified atom stereocenters. The average Bonchev–Trinajstić information content (AvgIpc) is 2.56. The van der Waals surface area contributed by atoms with Gasteiger partial charge in [-0.05, 0) is 6.42 Å². The van der Waals surface area contributed by atoms with Crippen molar-refractivity contribution in [1.82, 2.24) is 5.32 Å². The summed E-state index contributed by atoms with van der Waals surface area (Å²) in [7, 11) is 0. The third kappa shape index (κ3) is 7.64. The van der Waals surface area contributed by atoms with Gasteiger partial charge in [0.2, 0.25) is 5.91 Å². The van der Waals surface area contributed by atoms with Crippen LogP contribution in [0.5, 0.6) is 0 Å². The Morgan fingerprint density at radius 1 is 0.897 bits per heavy atom. The van der Waals surface area contributed by atoms with Gasteiger partial charge in [0.1, 0.15) is 12.7 Å². The summed E-state index contributed by atoms with van der Waals surface area (Å²) in [5, 5.41) is 2.90. The largest absolute Gasteiger partial charge is 0.463 e. The van der Waals surface area contributed by atoms with Crippen LogP contribution in [0.4, 0.5) is 0 Å². The van der Waals surface area contributed by atoms with Gasteiger partial charge in [0.05, 0.1) is 12.1 Å². The highest BCUT2D eigenvalue weighted by atomic mass is 16.6. The molecule has 1 amide bonds. The molecule has 0 spiro atoms. The Morgan fingerprint density at radius 2 is 1.45 bits per heavy atom. The Morgan fingerprint density at radius 3 is 1.90 bits per heavy atom. The zero-order valence-corrected chi connectivity index (χ0v) is 18.3. The van der Waals surface area contributed by atoms with Crippen LogP contribution in [0.15, 0.2) is 0 Å². The second-order valence-corrected chi connectivity index (χ2v) is 8.20. The number of ether oxygens (including phenoxy) is 4. The Bertz CT molecular complexity index is 612. The van der Waals surface area contributed by atoms with Crippen LogP contribution in [0.1, 0.15) is 61.3 Å². The van der Waals surface area contributed by atoms with Gasteiger partial charge < -0.3 is 24.3 Å². The smallest absolute Gasteiger partial charge is 0.303 e. The maximum Gasteiger partial charge on any atom is 0.303 e. The first kappa shape index (κ1) is 24.9. The van der Waals surface area contributed by atoms with Gasteiger partial charge in [-0.2, -0.15) is 0 Å². The standard InChI is InChI=1S/C20H33NO8/c1-8-9-14-16(21-19(25)20(5,6)7)18(28-13(4)24)17(27-12(3)23)15(29-14)10-26-11(2)22/h14-18H,8-10H2,1-7H3,(H,21,25)/t14-,15-,16+,17-,18-/m1/s1. The van der Waals surface area contributed by atoms with Crippen LogP contribution >= 0.6 is 0 Å². The van der Waals surface area contributed by atoms with Crippen molar-refractivity contribution in [3.63, 3.8) is 0 Å². The molecule has 29 heavy (non-hydrogen) atoms. The Hall–Kier alpha value is -2.16. The third-order valence-electron chi connectivity index (χ3n) is 4.40. The normalized spacial score (nSPS) is 26.9. The molecule has 0 aromatic rings. The lowest BCUT2D eigenvalue weighted by Crippen LogP contribution is -2.66. The molecule has 166 valence electrons. The van der Waals surface area contributed by atoms with E-state index in [9.17, 15) is 19.2 Å². The fourth-order valence-electron chi connectivity index (χ4n) is 3.09. The molecule has 0 radical (unpaired) electrons. The second-order valence-electron chi connectivity index (χ2n) is 8.20. The van der Waals surface area contributed by atoms with E-state index in [0.717, 1.165) is 6.42 Å². The molecule has 1 heterocycles.